The van der Waals surface area contributed by atoms with Crippen molar-refractivity contribution in [1.29, 1.82) is 0 Å². The van der Waals surface area contributed by atoms with Gasteiger partial charge in [0.1, 0.15) is 6.04 Å². The van der Waals surface area contributed by atoms with Gasteiger partial charge in [0.2, 0.25) is 17.7 Å². The van der Waals surface area contributed by atoms with Gasteiger partial charge in [-0.05, 0) is 155 Å². The van der Waals surface area contributed by atoms with Gasteiger partial charge >= 0.3 is 5.69 Å². The quantitative estimate of drug-likeness (QED) is 0.0597. The van der Waals surface area contributed by atoms with Gasteiger partial charge in [0, 0.05) is 73.8 Å². The first-order valence-corrected chi connectivity index (χ1v) is 26.1. The Labute approximate surface area is 416 Å². The van der Waals surface area contributed by atoms with Crippen LogP contribution < -0.4 is 27.0 Å². The number of ether oxygens (including phenoxy) is 1. The zero-order valence-corrected chi connectivity index (χ0v) is 41.4. The van der Waals surface area contributed by atoms with Crippen molar-refractivity contribution >= 4 is 51.1 Å². The number of likely N-dealkylation sites (tertiary alicyclic amines) is 2. The van der Waals surface area contributed by atoms with Crippen molar-refractivity contribution < 1.29 is 23.9 Å². The molecule has 1 aromatic heterocycles. The third-order valence-electron chi connectivity index (χ3n) is 15.9. The van der Waals surface area contributed by atoms with Gasteiger partial charge in [0.15, 0.2) is 0 Å². The molecule has 0 radical (unpaired) electrons. The highest BCUT2D eigenvalue weighted by molar-refractivity contribution is 6.00. The molecule has 5 aliphatic heterocycles. The molecule has 0 aliphatic carbocycles. The van der Waals surface area contributed by atoms with Crippen LogP contribution in [0.5, 0.6) is 0 Å². The number of fused-ring (bicyclic) bond motifs is 4. The lowest BCUT2D eigenvalue weighted by Gasteiger charge is -2.40. The minimum atomic E-state index is -0.704. The van der Waals surface area contributed by atoms with Crippen LogP contribution in [0.15, 0.2) is 77.6 Å². The van der Waals surface area contributed by atoms with Gasteiger partial charge in [0.25, 0.3) is 5.91 Å². The predicted octanol–water partition coefficient (Wildman–Crippen LogP) is 6.84. The number of amides is 4. The fraction of sp³-hybridized carbons (Fsp3) is 0.491. The Morgan fingerprint density at radius 3 is 2.37 bits per heavy atom. The number of carbonyl (C=O) groups is 4. The molecule has 372 valence electrons. The molecular formula is C57H68N8O6. The van der Waals surface area contributed by atoms with Crippen LogP contribution in [0.4, 0.5) is 5.69 Å². The number of rotatable bonds is 12. The van der Waals surface area contributed by atoms with Gasteiger partial charge in [-0.3, -0.25) is 33.6 Å². The number of piperidine rings is 4. The van der Waals surface area contributed by atoms with Gasteiger partial charge in [-0.15, -0.1) is 0 Å². The van der Waals surface area contributed by atoms with Crippen molar-refractivity contribution in [2.24, 2.45) is 13.0 Å². The molecule has 14 heteroatoms. The van der Waals surface area contributed by atoms with Gasteiger partial charge in [0.05, 0.1) is 30.3 Å². The Balaban J connectivity index is 0.664. The molecular weight excluding hydrogens is 893 g/mol. The van der Waals surface area contributed by atoms with E-state index < -0.39 is 11.9 Å². The van der Waals surface area contributed by atoms with E-state index in [-0.39, 0.29) is 41.8 Å². The lowest BCUT2D eigenvalue weighted by molar-refractivity contribution is -0.136. The number of nitrogens with one attached hydrogen (secondary N) is 4. The van der Waals surface area contributed by atoms with Gasteiger partial charge in [-0.2, -0.15) is 0 Å². The van der Waals surface area contributed by atoms with Crippen molar-refractivity contribution in [1.82, 2.24) is 34.9 Å². The zero-order chi connectivity index (χ0) is 49.2. The van der Waals surface area contributed by atoms with E-state index in [1.165, 1.54) is 4.57 Å². The van der Waals surface area contributed by atoms with E-state index in [9.17, 15) is 24.0 Å². The highest BCUT2D eigenvalue weighted by Gasteiger charge is 2.34. The molecule has 0 spiro atoms. The lowest BCUT2D eigenvalue weighted by atomic mass is 9.89. The topological polar surface area (TPSA) is 159 Å². The molecule has 4 atom stereocenters. The first-order chi connectivity index (χ1) is 34.4. The summed E-state index contributed by atoms with van der Waals surface area (Å²) in [4.78, 5) is 69.2. The van der Waals surface area contributed by atoms with Gasteiger partial charge < -0.3 is 30.5 Å². The maximum absolute atomic E-state index is 13.8. The first-order valence-electron chi connectivity index (χ1n) is 26.1. The molecule has 10 rings (SSSR count). The first kappa shape index (κ1) is 48.4. The maximum atomic E-state index is 13.8. The van der Waals surface area contributed by atoms with Crippen molar-refractivity contribution in [3.05, 3.63) is 111 Å². The summed E-state index contributed by atoms with van der Waals surface area (Å²) in [5, 5.41) is 15.2. The highest BCUT2D eigenvalue weighted by Crippen LogP contribution is 2.33. The highest BCUT2D eigenvalue weighted by atomic mass is 16.5. The number of anilines is 1. The van der Waals surface area contributed by atoms with E-state index in [0.29, 0.717) is 61.1 Å². The Morgan fingerprint density at radius 2 is 1.61 bits per heavy atom. The molecule has 3 unspecified atom stereocenters. The van der Waals surface area contributed by atoms with Crippen LogP contribution >= 0.6 is 0 Å². The number of morpholine rings is 1. The molecule has 5 aromatic rings. The summed E-state index contributed by atoms with van der Waals surface area (Å²) in [6.07, 6.45) is 8.72. The molecule has 71 heavy (non-hydrogen) atoms. The van der Waals surface area contributed by atoms with Crippen LogP contribution in [-0.2, 0) is 26.2 Å². The molecule has 5 aliphatic rings. The summed E-state index contributed by atoms with van der Waals surface area (Å²) in [5.74, 6) is 7.18. The molecule has 0 saturated carbocycles. The lowest BCUT2D eigenvalue weighted by Crippen LogP contribution is -2.56. The number of carbonyl (C=O) groups excluding carboxylic acids is 4. The van der Waals surface area contributed by atoms with Crippen molar-refractivity contribution in [2.75, 3.05) is 51.3 Å². The zero-order valence-electron chi connectivity index (χ0n) is 41.4. The summed E-state index contributed by atoms with van der Waals surface area (Å²) in [6.45, 7) is 9.98. The molecule has 4 amide bonds. The molecule has 2 bridgehead atoms. The minimum Gasteiger partial charge on any atom is -0.382 e. The second-order valence-corrected chi connectivity index (χ2v) is 20.8. The van der Waals surface area contributed by atoms with E-state index >= 15 is 0 Å². The predicted molar refractivity (Wildman–Crippen MR) is 276 cm³/mol. The number of benzene rings is 4. The van der Waals surface area contributed by atoms with E-state index in [2.05, 4.69) is 93.5 Å². The smallest absolute Gasteiger partial charge is 0.329 e. The van der Waals surface area contributed by atoms with Crippen molar-refractivity contribution in [2.45, 2.75) is 121 Å². The normalized spacial score (nSPS) is 22.7. The summed E-state index contributed by atoms with van der Waals surface area (Å²) < 4.78 is 8.84. The number of nitrogens with zero attached hydrogens (tertiary/aromatic N) is 4. The van der Waals surface area contributed by atoms with Crippen LogP contribution in [0.1, 0.15) is 128 Å². The summed E-state index contributed by atoms with van der Waals surface area (Å²) >= 11 is 0. The van der Waals surface area contributed by atoms with Gasteiger partial charge in [-0.25, -0.2) is 4.79 Å². The molecule has 4 N–H and O–H groups in total. The molecule has 6 heterocycles. The third-order valence-corrected chi connectivity index (χ3v) is 15.9. The van der Waals surface area contributed by atoms with Crippen LogP contribution in [0.2, 0.25) is 0 Å². The van der Waals surface area contributed by atoms with Crippen LogP contribution in [0, 0.1) is 24.7 Å². The summed E-state index contributed by atoms with van der Waals surface area (Å²) in [7, 11) is 1.72. The van der Waals surface area contributed by atoms with Gasteiger partial charge in [-0.1, -0.05) is 54.3 Å². The second kappa shape index (κ2) is 21.2. The molecule has 4 aromatic carbocycles. The number of hydrogen-bond donors (Lipinski definition) is 4. The minimum absolute atomic E-state index is 0.0815. The molecule has 5 saturated heterocycles. The Bertz CT molecular complexity index is 2940. The number of aryl methyl sites for hydroxylation is 2. The Morgan fingerprint density at radius 1 is 0.845 bits per heavy atom. The van der Waals surface area contributed by atoms with E-state index in [1.54, 1.807) is 11.6 Å². The number of hydrogen-bond acceptors (Lipinski definition) is 9. The molecule has 14 nitrogen and oxygen atoms in total. The van der Waals surface area contributed by atoms with Crippen molar-refractivity contribution in [3.8, 4) is 11.8 Å². The largest absolute Gasteiger partial charge is 0.382 e. The number of unbranched alkanes of at least 4 members (excludes halogenated alkanes) is 1. The fourth-order valence-electron chi connectivity index (χ4n) is 11.9. The Kier molecular flexibility index (Phi) is 14.4. The monoisotopic (exact) mass is 961 g/mol. The maximum Gasteiger partial charge on any atom is 0.329 e. The average molecular weight is 961 g/mol. The molecule has 5 fully saturated rings. The SMILES string of the molecule is Cc1ccc(NC2CC3COCC(C2)N3)cc1C(=O)N[C@H](C)c1ccc(C#CC2CCN(CCCCC(=O)N3CCC(c4ccc5c(c4)n(C)c(=O)n5C4CCC(=O)NC4=O)CC3)CC2)c2ccccc12. The average Bonchev–Trinajstić information content (AvgIpc) is 3.62. The van der Waals surface area contributed by atoms with E-state index in [0.717, 1.165) is 128 Å². The summed E-state index contributed by atoms with van der Waals surface area (Å²) in [6, 6.07) is 24.9. The van der Waals surface area contributed by atoms with E-state index in [4.69, 9.17) is 4.74 Å². The number of imide groups is 1. The van der Waals surface area contributed by atoms with Crippen molar-refractivity contribution in [3.63, 3.8) is 0 Å². The fourth-order valence-corrected chi connectivity index (χ4v) is 11.9. The summed E-state index contributed by atoms with van der Waals surface area (Å²) in [5.41, 5.74) is 7.01. The van der Waals surface area contributed by atoms with E-state index in [1.807, 2.05) is 36.1 Å². The Hall–Kier alpha value is -6.27. The second-order valence-electron chi connectivity index (χ2n) is 20.8. The van der Waals surface area contributed by atoms with Crippen LogP contribution in [-0.4, -0.2) is 107 Å². The van der Waals surface area contributed by atoms with Crippen LogP contribution in [0.25, 0.3) is 21.8 Å². The number of aromatic nitrogens is 2. The standard InChI is InChI=1S/C57H68N8O6/c1-36-11-16-42(59-43-31-44-34-71-35-45(32-43)60-44)33-49(36)55(68)58-37(2)46-17-14-40(47-8-4-5-9-48(46)47)13-12-38-21-26-63(27-22-38)25-7-6-10-54(67)64-28-23-39(24-29-64)41-15-18-50-52(30-41)62(3)57(70)65(50)51-19-20-53(66)61-56(51)69/h4-5,8-9,11,14-18,30,33,37-39,43-45,51,59-60H,6-7,10,19-29,31-32,34-35H2,1-3H3,(H,58,68)(H,61,66,69)/t37-,43?,44?,45?,51?/m1/s1. The van der Waals surface area contributed by atoms with Crippen LogP contribution in [0.3, 0.4) is 0 Å². The third kappa shape index (κ3) is 10.7. The number of imidazole rings is 1.